The Morgan fingerprint density at radius 2 is 1.67 bits per heavy atom. The zero-order valence-corrected chi connectivity index (χ0v) is 13.5. The number of alkyl carbamates (subject to hydrolysis) is 1. The topological polar surface area (TPSA) is 93.5 Å². The van der Waals surface area contributed by atoms with Gasteiger partial charge in [-0.2, -0.15) is 0 Å². The van der Waals surface area contributed by atoms with E-state index in [9.17, 15) is 9.59 Å². The Balaban J connectivity index is 1.77. The van der Waals surface area contributed by atoms with Gasteiger partial charge in [0.15, 0.2) is 0 Å². The summed E-state index contributed by atoms with van der Waals surface area (Å²) in [5.41, 5.74) is 7.86. The Morgan fingerprint density at radius 3 is 2.29 bits per heavy atom. The third-order valence-electron chi connectivity index (χ3n) is 3.35. The smallest absolute Gasteiger partial charge is 0.409 e. The Labute approximate surface area is 141 Å². The first-order valence-electron chi connectivity index (χ1n) is 7.65. The van der Waals surface area contributed by atoms with Gasteiger partial charge in [-0.15, -0.1) is 0 Å². The van der Waals surface area contributed by atoms with Crippen molar-refractivity contribution in [2.45, 2.75) is 26.2 Å². The lowest BCUT2D eigenvalue weighted by Crippen LogP contribution is -2.46. The Morgan fingerprint density at radius 1 is 1.00 bits per heavy atom. The molecule has 0 saturated heterocycles. The molecule has 4 N–H and O–H groups in total. The molecule has 0 spiro atoms. The van der Waals surface area contributed by atoms with Crippen LogP contribution in [0.3, 0.4) is 0 Å². The van der Waals surface area contributed by atoms with Crippen molar-refractivity contribution in [3.05, 3.63) is 71.3 Å². The quantitative estimate of drug-likeness (QED) is 0.709. The van der Waals surface area contributed by atoms with Gasteiger partial charge in [0.1, 0.15) is 12.8 Å². The van der Waals surface area contributed by atoms with Crippen LogP contribution in [0.5, 0.6) is 0 Å². The molecule has 2 aromatic rings. The second kappa shape index (κ2) is 8.69. The number of benzene rings is 2. The first kappa shape index (κ1) is 17.5. The van der Waals surface area contributed by atoms with Crippen LogP contribution in [0.1, 0.15) is 28.4 Å². The fourth-order valence-electron chi connectivity index (χ4n) is 2.05. The molecule has 6 heteroatoms. The third kappa shape index (κ3) is 5.40. The molecule has 2 amide bonds. The van der Waals surface area contributed by atoms with E-state index in [0.29, 0.717) is 12.1 Å². The van der Waals surface area contributed by atoms with Crippen molar-refractivity contribution in [2.75, 3.05) is 0 Å². The molecule has 1 atom stereocenters. The zero-order valence-electron chi connectivity index (χ0n) is 13.5. The summed E-state index contributed by atoms with van der Waals surface area (Å²) in [4.78, 5) is 23.8. The summed E-state index contributed by atoms with van der Waals surface area (Å²) >= 11 is 0. The summed E-state index contributed by atoms with van der Waals surface area (Å²) in [6.45, 7) is 2.26. The molecule has 24 heavy (non-hydrogen) atoms. The van der Waals surface area contributed by atoms with E-state index in [-0.39, 0.29) is 12.5 Å². The van der Waals surface area contributed by atoms with Crippen LogP contribution in [0.25, 0.3) is 0 Å². The van der Waals surface area contributed by atoms with Crippen molar-refractivity contribution >= 4 is 12.0 Å². The number of rotatable bonds is 6. The molecule has 6 nitrogen and oxygen atoms in total. The molecular formula is C18H21N3O3. The Hall–Kier alpha value is -2.86. The van der Waals surface area contributed by atoms with Crippen molar-refractivity contribution in [2.24, 2.45) is 5.73 Å². The molecule has 0 aliphatic rings. The maximum atomic E-state index is 12.1. The Kier molecular flexibility index (Phi) is 6.33. The number of hydrogen-bond acceptors (Lipinski definition) is 4. The van der Waals surface area contributed by atoms with E-state index in [0.717, 1.165) is 11.1 Å². The third-order valence-corrected chi connectivity index (χ3v) is 3.35. The number of amides is 2. The van der Waals surface area contributed by atoms with Crippen LogP contribution in [0.15, 0.2) is 54.6 Å². The van der Waals surface area contributed by atoms with Gasteiger partial charge in [0, 0.05) is 12.1 Å². The number of nitrogens with one attached hydrogen (secondary N) is 2. The van der Waals surface area contributed by atoms with Crippen LogP contribution in [0, 0.1) is 0 Å². The molecular weight excluding hydrogens is 306 g/mol. The van der Waals surface area contributed by atoms with Crippen LogP contribution in [0.2, 0.25) is 0 Å². The molecule has 1 unspecified atom stereocenters. The molecule has 0 saturated carbocycles. The van der Waals surface area contributed by atoms with Crippen molar-refractivity contribution < 1.29 is 14.3 Å². The van der Waals surface area contributed by atoms with Crippen LogP contribution in [-0.4, -0.2) is 18.2 Å². The Bertz CT molecular complexity index is 672. The van der Waals surface area contributed by atoms with Crippen LogP contribution < -0.4 is 16.4 Å². The second-order valence-corrected chi connectivity index (χ2v) is 5.30. The first-order chi connectivity index (χ1) is 11.6. The van der Waals surface area contributed by atoms with Crippen LogP contribution >= 0.6 is 0 Å². The van der Waals surface area contributed by atoms with E-state index in [2.05, 4.69) is 10.6 Å². The van der Waals surface area contributed by atoms with Gasteiger partial charge in [0.05, 0.1) is 0 Å². The molecule has 0 radical (unpaired) electrons. The van der Waals surface area contributed by atoms with Crippen molar-refractivity contribution in [1.82, 2.24) is 10.6 Å². The second-order valence-electron chi connectivity index (χ2n) is 5.30. The SMILES string of the molecule is CC(NC(=O)OCc1ccccc1)NC(=O)c1ccc(CN)cc1. The van der Waals surface area contributed by atoms with Gasteiger partial charge in [-0.1, -0.05) is 42.5 Å². The minimum atomic E-state index is -0.592. The van der Waals surface area contributed by atoms with Crippen LogP contribution in [-0.2, 0) is 17.9 Å². The summed E-state index contributed by atoms with van der Waals surface area (Å²) in [6, 6.07) is 16.3. The first-order valence-corrected chi connectivity index (χ1v) is 7.65. The predicted molar refractivity (Wildman–Crippen MR) is 91.0 cm³/mol. The van der Waals surface area contributed by atoms with E-state index in [1.165, 1.54) is 0 Å². The summed E-state index contributed by atoms with van der Waals surface area (Å²) in [7, 11) is 0. The molecule has 2 aromatic carbocycles. The number of ether oxygens (including phenoxy) is 1. The normalized spacial score (nSPS) is 11.4. The lowest BCUT2D eigenvalue weighted by molar-refractivity contribution is 0.0926. The lowest BCUT2D eigenvalue weighted by Gasteiger charge is -2.16. The highest BCUT2D eigenvalue weighted by atomic mass is 16.5. The van der Waals surface area contributed by atoms with Crippen molar-refractivity contribution in [3.63, 3.8) is 0 Å². The van der Waals surface area contributed by atoms with E-state index in [1.54, 1.807) is 31.2 Å². The number of carbonyl (C=O) groups excluding carboxylic acids is 2. The number of carbonyl (C=O) groups is 2. The minimum absolute atomic E-state index is 0.174. The lowest BCUT2D eigenvalue weighted by atomic mass is 10.1. The van der Waals surface area contributed by atoms with E-state index in [1.807, 2.05) is 30.3 Å². The standard InChI is InChI=1S/C18H21N3O3/c1-13(20-17(22)16-9-7-14(11-19)8-10-16)21-18(23)24-12-15-5-3-2-4-6-15/h2-10,13H,11-12,19H2,1H3,(H,20,22)(H,21,23). The van der Waals surface area contributed by atoms with E-state index in [4.69, 9.17) is 10.5 Å². The van der Waals surface area contributed by atoms with Gasteiger partial charge in [-0.25, -0.2) is 4.79 Å². The fraction of sp³-hybridized carbons (Fsp3) is 0.222. The number of hydrogen-bond donors (Lipinski definition) is 3. The maximum absolute atomic E-state index is 12.1. The summed E-state index contributed by atoms with van der Waals surface area (Å²) in [5, 5.41) is 5.24. The van der Waals surface area contributed by atoms with Crippen molar-refractivity contribution in [3.8, 4) is 0 Å². The molecule has 0 heterocycles. The maximum Gasteiger partial charge on any atom is 0.409 e. The van der Waals surface area contributed by atoms with Gasteiger partial charge in [0.25, 0.3) is 5.91 Å². The molecule has 0 aliphatic heterocycles. The molecule has 0 bridgehead atoms. The fourth-order valence-corrected chi connectivity index (χ4v) is 2.05. The summed E-state index contributed by atoms with van der Waals surface area (Å²) in [5.74, 6) is -0.283. The predicted octanol–water partition coefficient (Wildman–Crippen LogP) is 2.15. The van der Waals surface area contributed by atoms with Crippen LogP contribution in [0.4, 0.5) is 4.79 Å². The average molecular weight is 327 g/mol. The van der Waals surface area contributed by atoms with Crippen molar-refractivity contribution in [1.29, 1.82) is 0 Å². The summed E-state index contributed by atoms with van der Waals surface area (Å²) < 4.78 is 5.10. The van der Waals surface area contributed by atoms with Gasteiger partial charge in [-0.3, -0.25) is 4.79 Å². The molecule has 2 rings (SSSR count). The molecule has 0 aromatic heterocycles. The average Bonchev–Trinajstić information content (AvgIpc) is 2.60. The largest absolute Gasteiger partial charge is 0.445 e. The highest BCUT2D eigenvalue weighted by Crippen LogP contribution is 2.04. The minimum Gasteiger partial charge on any atom is -0.445 e. The molecule has 126 valence electrons. The summed E-state index contributed by atoms with van der Waals surface area (Å²) in [6.07, 6.45) is -1.15. The highest BCUT2D eigenvalue weighted by molar-refractivity contribution is 5.94. The monoisotopic (exact) mass is 327 g/mol. The number of nitrogens with two attached hydrogens (primary N) is 1. The van der Waals surface area contributed by atoms with E-state index < -0.39 is 12.3 Å². The molecule has 0 fully saturated rings. The van der Waals surface area contributed by atoms with Gasteiger partial charge in [0.2, 0.25) is 0 Å². The highest BCUT2D eigenvalue weighted by Gasteiger charge is 2.12. The van der Waals surface area contributed by atoms with E-state index >= 15 is 0 Å². The molecule has 0 aliphatic carbocycles. The zero-order chi connectivity index (χ0) is 17.4. The van der Waals surface area contributed by atoms with Gasteiger partial charge in [-0.05, 0) is 30.2 Å². The van der Waals surface area contributed by atoms with Gasteiger partial charge < -0.3 is 21.1 Å². The van der Waals surface area contributed by atoms with Gasteiger partial charge >= 0.3 is 6.09 Å².